The van der Waals surface area contributed by atoms with Gasteiger partial charge < -0.3 is 9.67 Å². The minimum atomic E-state index is -4.52. The predicted octanol–water partition coefficient (Wildman–Crippen LogP) is 6.30. The molecule has 182 valence electrons. The zero-order chi connectivity index (χ0) is 25.6. The summed E-state index contributed by atoms with van der Waals surface area (Å²) in [5.74, 6) is -0.261. The average molecular weight is 531 g/mol. The van der Waals surface area contributed by atoms with Crippen molar-refractivity contribution >= 4 is 29.0 Å². The zero-order valence-corrected chi connectivity index (χ0v) is 19.7. The van der Waals surface area contributed by atoms with Gasteiger partial charge in [-0.15, -0.1) is 0 Å². The van der Waals surface area contributed by atoms with Crippen LogP contribution in [0.1, 0.15) is 11.1 Å². The Labute approximate surface area is 211 Å². The first-order chi connectivity index (χ1) is 17.1. The molecule has 0 unspecified atom stereocenters. The van der Waals surface area contributed by atoms with Crippen LogP contribution in [0.25, 0.3) is 28.0 Å². The lowest BCUT2D eigenvalue weighted by Gasteiger charge is -2.12. The molecule has 3 heterocycles. The summed E-state index contributed by atoms with van der Waals surface area (Å²) in [7, 11) is 0. The summed E-state index contributed by atoms with van der Waals surface area (Å²) in [5.41, 5.74) is 0.547. The molecule has 0 atom stereocenters. The molecule has 3 aromatic heterocycles. The van der Waals surface area contributed by atoms with E-state index in [-0.39, 0.29) is 16.4 Å². The number of pyridine rings is 1. The third-order valence-corrected chi connectivity index (χ3v) is 6.17. The van der Waals surface area contributed by atoms with Gasteiger partial charge in [-0.25, -0.2) is 4.98 Å². The van der Waals surface area contributed by atoms with Gasteiger partial charge in [-0.1, -0.05) is 53.5 Å². The Balaban J connectivity index is 1.55. The number of alkyl halides is 3. The van der Waals surface area contributed by atoms with E-state index in [2.05, 4.69) is 9.97 Å². The van der Waals surface area contributed by atoms with Crippen LogP contribution in [0.4, 0.5) is 13.2 Å². The molecule has 0 aliphatic carbocycles. The van der Waals surface area contributed by atoms with Crippen molar-refractivity contribution in [3.05, 3.63) is 105 Å². The zero-order valence-electron chi connectivity index (χ0n) is 18.2. The first-order valence-corrected chi connectivity index (χ1v) is 11.3. The van der Waals surface area contributed by atoms with Gasteiger partial charge in [0.1, 0.15) is 10.7 Å². The molecule has 0 fully saturated rings. The number of nitrogens with zero attached hydrogens (tertiary/aromatic N) is 4. The van der Waals surface area contributed by atoms with Crippen molar-refractivity contribution < 1.29 is 18.3 Å². The Bertz CT molecular complexity index is 1660. The van der Waals surface area contributed by atoms with E-state index < -0.39 is 23.2 Å². The number of hydrogen-bond donors (Lipinski definition) is 1. The van der Waals surface area contributed by atoms with Gasteiger partial charge in [-0.2, -0.15) is 18.2 Å². The quantitative estimate of drug-likeness (QED) is 0.276. The number of hydrogen-bond acceptors (Lipinski definition) is 4. The number of benzene rings is 2. The van der Waals surface area contributed by atoms with Gasteiger partial charge >= 0.3 is 6.18 Å². The summed E-state index contributed by atoms with van der Waals surface area (Å²) in [6.07, 6.45) is 0.266. The second kappa shape index (κ2) is 9.00. The number of aromatic nitrogens is 4. The molecule has 6 nitrogen and oxygen atoms in total. The highest BCUT2D eigenvalue weighted by Crippen LogP contribution is 2.37. The number of fused-ring (bicyclic) bond motifs is 1. The lowest BCUT2D eigenvalue weighted by molar-refractivity contribution is -0.137. The molecule has 5 rings (SSSR count). The van der Waals surface area contributed by atoms with Gasteiger partial charge in [0.2, 0.25) is 11.7 Å². The van der Waals surface area contributed by atoms with Crippen molar-refractivity contribution in [3.63, 3.8) is 0 Å². The first-order valence-electron chi connectivity index (χ1n) is 10.5. The van der Waals surface area contributed by atoms with Crippen LogP contribution >= 0.6 is 23.2 Å². The molecule has 0 aliphatic rings. The van der Waals surface area contributed by atoms with Crippen LogP contribution in [0.3, 0.4) is 0 Å². The third-order valence-electron chi connectivity index (χ3n) is 5.63. The van der Waals surface area contributed by atoms with Gasteiger partial charge in [0.15, 0.2) is 0 Å². The Morgan fingerprint density at radius 1 is 0.972 bits per heavy atom. The van der Waals surface area contributed by atoms with E-state index >= 15 is 0 Å². The Kier molecular flexibility index (Phi) is 5.97. The van der Waals surface area contributed by atoms with Gasteiger partial charge in [0, 0.05) is 29.2 Å². The molecular weight excluding hydrogens is 516 g/mol. The van der Waals surface area contributed by atoms with Crippen LogP contribution < -0.4 is 5.56 Å². The van der Waals surface area contributed by atoms with Gasteiger partial charge in [0.05, 0.1) is 12.1 Å². The highest BCUT2D eigenvalue weighted by Gasteiger charge is 2.31. The Morgan fingerprint density at radius 2 is 1.75 bits per heavy atom. The molecule has 1 N–H and O–H groups in total. The Morgan fingerprint density at radius 3 is 2.44 bits per heavy atom. The van der Waals surface area contributed by atoms with E-state index in [0.717, 1.165) is 17.7 Å². The van der Waals surface area contributed by atoms with Crippen molar-refractivity contribution in [3.8, 4) is 28.1 Å². The maximum atomic E-state index is 13.3. The summed E-state index contributed by atoms with van der Waals surface area (Å²) in [6.45, 7) is 0.341. The van der Waals surface area contributed by atoms with E-state index in [1.807, 2.05) is 0 Å². The monoisotopic (exact) mass is 530 g/mol. The predicted molar refractivity (Wildman–Crippen MR) is 130 cm³/mol. The molecule has 0 saturated carbocycles. The SMILES string of the molecule is O=c1c(-c2cccc(-c3ccc(C(F)(F)F)cc3Cl)c2)c(O)nc2n(Cc3ccc(Cl)nc3)ccn12. The largest absolute Gasteiger partial charge is 0.493 e. The highest BCUT2D eigenvalue weighted by atomic mass is 35.5. The number of aromatic hydroxyl groups is 1. The van der Waals surface area contributed by atoms with Crippen molar-refractivity contribution in [2.24, 2.45) is 0 Å². The summed E-state index contributed by atoms with van der Waals surface area (Å²) in [6, 6.07) is 12.9. The van der Waals surface area contributed by atoms with E-state index in [1.165, 1.54) is 16.7 Å². The molecule has 0 amide bonds. The van der Waals surface area contributed by atoms with Crippen LogP contribution in [-0.4, -0.2) is 24.0 Å². The molecule has 0 aliphatic heterocycles. The van der Waals surface area contributed by atoms with E-state index in [4.69, 9.17) is 23.2 Å². The fraction of sp³-hybridized carbons (Fsp3) is 0.0800. The van der Waals surface area contributed by atoms with Gasteiger partial charge in [-0.3, -0.25) is 9.20 Å². The molecule has 0 saturated heterocycles. The highest BCUT2D eigenvalue weighted by molar-refractivity contribution is 6.33. The summed E-state index contributed by atoms with van der Waals surface area (Å²) >= 11 is 12.0. The number of halogens is 5. The van der Waals surface area contributed by atoms with Gasteiger partial charge in [0.25, 0.3) is 5.56 Å². The molecule has 0 spiro atoms. The van der Waals surface area contributed by atoms with Crippen molar-refractivity contribution in [1.29, 1.82) is 0 Å². The second-order valence-corrected chi connectivity index (χ2v) is 8.77. The van der Waals surface area contributed by atoms with Gasteiger partial charge in [-0.05, 0) is 41.0 Å². The lowest BCUT2D eigenvalue weighted by atomic mass is 9.99. The lowest BCUT2D eigenvalue weighted by Crippen LogP contribution is -2.17. The Hall–Kier alpha value is -3.82. The third kappa shape index (κ3) is 4.43. The van der Waals surface area contributed by atoms with E-state index in [9.17, 15) is 23.1 Å². The average Bonchev–Trinajstić information content (AvgIpc) is 3.22. The van der Waals surface area contributed by atoms with Crippen molar-refractivity contribution in [2.45, 2.75) is 12.7 Å². The van der Waals surface area contributed by atoms with E-state index in [0.29, 0.717) is 28.4 Å². The van der Waals surface area contributed by atoms with Crippen molar-refractivity contribution in [1.82, 2.24) is 18.9 Å². The fourth-order valence-corrected chi connectivity index (χ4v) is 4.30. The second-order valence-electron chi connectivity index (χ2n) is 7.97. The minimum absolute atomic E-state index is 0.0525. The number of rotatable bonds is 4. The summed E-state index contributed by atoms with van der Waals surface area (Å²) in [4.78, 5) is 21.6. The molecule has 0 bridgehead atoms. The molecule has 5 aromatic rings. The summed E-state index contributed by atoms with van der Waals surface area (Å²) < 4.78 is 42.0. The first kappa shape index (κ1) is 23.9. The minimum Gasteiger partial charge on any atom is -0.493 e. The van der Waals surface area contributed by atoms with Crippen LogP contribution in [0.5, 0.6) is 5.88 Å². The van der Waals surface area contributed by atoms with Crippen LogP contribution in [0.2, 0.25) is 10.2 Å². The summed E-state index contributed by atoms with van der Waals surface area (Å²) in [5, 5.41) is 11.0. The molecule has 11 heteroatoms. The topological polar surface area (TPSA) is 72.4 Å². The smallest absolute Gasteiger partial charge is 0.416 e. The molecule has 0 radical (unpaired) electrons. The van der Waals surface area contributed by atoms with Crippen molar-refractivity contribution in [2.75, 3.05) is 0 Å². The van der Waals surface area contributed by atoms with Crippen LogP contribution in [-0.2, 0) is 12.7 Å². The molecule has 36 heavy (non-hydrogen) atoms. The normalized spacial score (nSPS) is 11.8. The maximum Gasteiger partial charge on any atom is 0.416 e. The van der Waals surface area contributed by atoms with Crippen LogP contribution in [0.15, 0.2) is 78.0 Å². The number of imidazole rings is 1. The maximum absolute atomic E-state index is 13.3. The molecule has 2 aromatic carbocycles. The van der Waals surface area contributed by atoms with Crippen LogP contribution in [0, 0.1) is 0 Å². The van der Waals surface area contributed by atoms with E-state index in [1.54, 1.807) is 53.4 Å². The molecular formula is C25H15Cl2F3N4O2. The standard InChI is InChI=1S/C25H15Cl2F3N4O2/c26-19-11-17(25(28,29)30)5-6-18(19)15-2-1-3-16(10-15)21-22(35)32-24-33(8-9-34(24)23(21)36)13-14-4-7-20(27)31-12-14/h1-12,35H,13H2. The fourth-order valence-electron chi connectivity index (χ4n) is 3.90.